The van der Waals surface area contributed by atoms with Crippen molar-refractivity contribution in [2.45, 2.75) is 13.8 Å². The third-order valence-electron chi connectivity index (χ3n) is 2.71. The molecule has 0 unspecified atom stereocenters. The molecule has 0 saturated carbocycles. The molecule has 0 amide bonds. The normalized spacial score (nSPS) is 10.5. The van der Waals surface area contributed by atoms with Crippen molar-refractivity contribution in [3.05, 3.63) is 40.8 Å². The number of aromatic nitrogens is 2. The van der Waals surface area contributed by atoms with Gasteiger partial charge < -0.3 is 10.5 Å². The molecule has 0 saturated heterocycles. The van der Waals surface area contributed by atoms with Gasteiger partial charge in [-0.3, -0.25) is 4.57 Å². The van der Waals surface area contributed by atoms with Crippen molar-refractivity contribution in [3.63, 3.8) is 0 Å². The van der Waals surface area contributed by atoms with Crippen LogP contribution in [0.5, 0.6) is 0 Å². The maximum Gasteiger partial charge on any atom is 0.360 e. The fourth-order valence-corrected chi connectivity index (χ4v) is 1.83. The molecule has 2 N–H and O–H groups in total. The number of anilines is 1. The van der Waals surface area contributed by atoms with Crippen LogP contribution in [0.15, 0.2) is 24.5 Å². The number of carbonyl (C=O) groups excluding carboxylic acids is 1. The molecule has 1 aromatic heterocycles. The van der Waals surface area contributed by atoms with Gasteiger partial charge in [0, 0.05) is 10.7 Å². The Kier molecular flexibility index (Phi) is 3.76. The van der Waals surface area contributed by atoms with Crippen molar-refractivity contribution < 1.29 is 9.53 Å². The van der Waals surface area contributed by atoms with Crippen LogP contribution in [0.3, 0.4) is 0 Å². The molecule has 5 nitrogen and oxygen atoms in total. The largest absolute Gasteiger partial charge is 0.461 e. The second-order valence-corrected chi connectivity index (χ2v) is 4.41. The highest BCUT2D eigenvalue weighted by Crippen LogP contribution is 2.23. The van der Waals surface area contributed by atoms with Crippen LogP contribution in [0.4, 0.5) is 5.82 Å². The summed E-state index contributed by atoms with van der Waals surface area (Å²) < 4.78 is 6.47. The number of nitrogens with two attached hydrogens (primary N) is 1. The number of halogens is 1. The lowest BCUT2D eigenvalue weighted by atomic mass is 10.2. The van der Waals surface area contributed by atoms with Gasteiger partial charge in [-0.1, -0.05) is 17.7 Å². The maximum atomic E-state index is 11.6. The number of ether oxygens (including phenoxy) is 1. The van der Waals surface area contributed by atoms with E-state index < -0.39 is 5.97 Å². The second kappa shape index (κ2) is 5.32. The summed E-state index contributed by atoms with van der Waals surface area (Å²) in [6.07, 6.45) is 1.47. The number of nitrogens with zero attached hydrogens (tertiary/aromatic N) is 2. The summed E-state index contributed by atoms with van der Waals surface area (Å²) in [5.74, 6) is -0.296. The van der Waals surface area contributed by atoms with Crippen molar-refractivity contribution in [1.29, 1.82) is 0 Å². The quantitative estimate of drug-likeness (QED) is 0.877. The number of hydrogen-bond acceptors (Lipinski definition) is 4. The highest BCUT2D eigenvalue weighted by Gasteiger charge is 2.17. The standard InChI is InChI=1S/C13H14ClN3O2/c1-3-19-13(18)11-12(15)17(7-16-11)9-5-4-8(2)10(14)6-9/h4-7H,3,15H2,1-2H3. The summed E-state index contributed by atoms with van der Waals surface area (Å²) in [5.41, 5.74) is 7.73. The lowest BCUT2D eigenvalue weighted by Crippen LogP contribution is -2.09. The van der Waals surface area contributed by atoms with Crippen LogP contribution in [0, 0.1) is 6.92 Å². The molecule has 0 fully saturated rings. The minimum absolute atomic E-state index is 0.110. The van der Waals surface area contributed by atoms with Gasteiger partial charge in [0.2, 0.25) is 0 Å². The second-order valence-electron chi connectivity index (χ2n) is 4.00. The molecule has 0 radical (unpaired) electrons. The Morgan fingerprint density at radius 3 is 2.89 bits per heavy atom. The van der Waals surface area contributed by atoms with E-state index in [2.05, 4.69) is 4.98 Å². The zero-order chi connectivity index (χ0) is 14.0. The predicted octanol–water partition coefficient (Wildman–Crippen LogP) is 2.59. The Hall–Kier alpha value is -2.01. The summed E-state index contributed by atoms with van der Waals surface area (Å²) in [6, 6.07) is 5.50. The van der Waals surface area contributed by atoms with E-state index in [0.717, 1.165) is 11.3 Å². The van der Waals surface area contributed by atoms with Gasteiger partial charge in [0.15, 0.2) is 5.69 Å². The summed E-state index contributed by atoms with van der Waals surface area (Å²) in [6.45, 7) is 3.92. The van der Waals surface area contributed by atoms with E-state index in [1.807, 2.05) is 19.1 Å². The Bertz CT molecular complexity index is 622. The minimum Gasteiger partial charge on any atom is -0.461 e. The summed E-state index contributed by atoms with van der Waals surface area (Å²) >= 11 is 6.07. The first-order valence-electron chi connectivity index (χ1n) is 5.81. The van der Waals surface area contributed by atoms with Gasteiger partial charge in [-0.15, -0.1) is 0 Å². The molecular weight excluding hydrogens is 266 g/mol. The molecule has 0 atom stereocenters. The fourth-order valence-electron chi connectivity index (χ4n) is 1.65. The highest BCUT2D eigenvalue weighted by molar-refractivity contribution is 6.31. The molecule has 1 aromatic carbocycles. The molecule has 0 bridgehead atoms. The number of hydrogen-bond donors (Lipinski definition) is 1. The Balaban J connectivity index is 2.41. The SMILES string of the molecule is CCOC(=O)c1ncn(-c2ccc(C)c(Cl)c2)c1N. The third kappa shape index (κ3) is 2.56. The summed E-state index contributed by atoms with van der Waals surface area (Å²) in [4.78, 5) is 15.6. The molecule has 0 aliphatic rings. The lowest BCUT2D eigenvalue weighted by Gasteiger charge is -2.07. The van der Waals surface area contributed by atoms with Crippen LogP contribution in [0.2, 0.25) is 5.02 Å². The Morgan fingerprint density at radius 2 is 2.26 bits per heavy atom. The highest BCUT2D eigenvalue weighted by atomic mass is 35.5. The van der Waals surface area contributed by atoms with E-state index >= 15 is 0 Å². The number of esters is 1. The maximum absolute atomic E-state index is 11.6. The smallest absolute Gasteiger partial charge is 0.360 e. The van der Waals surface area contributed by atoms with Crippen molar-refractivity contribution in [1.82, 2.24) is 9.55 Å². The van der Waals surface area contributed by atoms with Crippen molar-refractivity contribution in [3.8, 4) is 5.69 Å². The molecule has 2 rings (SSSR count). The number of nitrogen functional groups attached to an aromatic ring is 1. The Morgan fingerprint density at radius 1 is 1.53 bits per heavy atom. The molecule has 6 heteroatoms. The first-order chi connectivity index (χ1) is 9.04. The van der Waals surface area contributed by atoms with Crippen LogP contribution in [-0.2, 0) is 4.74 Å². The monoisotopic (exact) mass is 279 g/mol. The molecule has 0 aliphatic heterocycles. The van der Waals surface area contributed by atoms with E-state index in [9.17, 15) is 4.79 Å². The topological polar surface area (TPSA) is 70.1 Å². The molecule has 19 heavy (non-hydrogen) atoms. The van der Waals surface area contributed by atoms with Crippen LogP contribution in [0.25, 0.3) is 5.69 Å². The first-order valence-corrected chi connectivity index (χ1v) is 6.18. The van der Waals surface area contributed by atoms with Gasteiger partial charge in [-0.05, 0) is 31.5 Å². The Labute approximate surface area is 116 Å². The van der Waals surface area contributed by atoms with Gasteiger partial charge in [-0.25, -0.2) is 9.78 Å². The van der Waals surface area contributed by atoms with Crippen LogP contribution in [-0.4, -0.2) is 22.1 Å². The number of imidazole rings is 1. The van der Waals surface area contributed by atoms with Crippen molar-refractivity contribution in [2.75, 3.05) is 12.3 Å². The first kappa shape index (κ1) is 13.4. The molecule has 100 valence electrons. The molecule has 0 aliphatic carbocycles. The van der Waals surface area contributed by atoms with Gasteiger partial charge >= 0.3 is 5.97 Å². The summed E-state index contributed by atoms with van der Waals surface area (Å²) in [5, 5.41) is 0.628. The number of carbonyl (C=O) groups is 1. The van der Waals surface area contributed by atoms with Gasteiger partial charge in [0.1, 0.15) is 12.1 Å². The summed E-state index contributed by atoms with van der Waals surface area (Å²) in [7, 11) is 0. The van der Waals surface area contributed by atoms with Gasteiger partial charge in [0.25, 0.3) is 0 Å². The van der Waals surface area contributed by atoms with E-state index in [1.165, 1.54) is 6.33 Å². The van der Waals surface area contributed by atoms with Gasteiger partial charge in [0.05, 0.1) is 6.61 Å². The van der Waals surface area contributed by atoms with E-state index in [4.69, 9.17) is 22.1 Å². The number of aryl methyl sites for hydroxylation is 1. The van der Waals surface area contributed by atoms with E-state index in [-0.39, 0.29) is 18.1 Å². The molecule has 1 heterocycles. The lowest BCUT2D eigenvalue weighted by molar-refractivity contribution is 0.0521. The molecular formula is C13H14ClN3O2. The minimum atomic E-state index is -0.531. The van der Waals surface area contributed by atoms with Crippen molar-refractivity contribution in [2.24, 2.45) is 0 Å². The van der Waals surface area contributed by atoms with E-state index in [0.29, 0.717) is 5.02 Å². The average molecular weight is 280 g/mol. The van der Waals surface area contributed by atoms with Crippen LogP contribution < -0.4 is 5.73 Å². The molecule has 2 aromatic rings. The fraction of sp³-hybridized carbons (Fsp3) is 0.231. The van der Waals surface area contributed by atoms with Crippen molar-refractivity contribution >= 4 is 23.4 Å². The molecule has 0 spiro atoms. The predicted molar refractivity (Wildman–Crippen MR) is 73.7 cm³/mol. The number of rotatable bonds is 3. The van der Waals surface area contributed by atoms with Gasteiger partial charge in [-0.2, -0.15) is 0 Å². The van der Waals surface area contributed by atoms with Crippen LogP contribution in [0.1, 0.15) is 23.0 Å². The zero-order valence-electron chi connectivity index (χ0n) is 10.7. The average Bonchev–Trinajstić information content (AvgIpc) is 2.75. The third-order valence-corrected chi connectivity index (χ3v) is 3.11. The van der Waals surface area contributed by atoms with E-state index in [1.54, 1.807) is 17.6 Å². The number of benzene rings is 1. The zero-order valence-corrected chi connectivity index (χ0v) is 11.4. The van der Waals surface area contributed by atoms with Crippen LogP contribution >= 0.6 is 11.6 Å².